The molecule has 1 atom stereocenters. The number of hydrogen-bond donors (Lipinski definition) is 2. The van der Waals surface area contributed by atoms with Gasteiger partial charge in [-0.05, 0) is 30.8 Å². The first-order chi connectivity index (χ1) is 10.0. The fourth-order valence-corrected chi connectivity index (χ4v) is 2.90. The molecule has 4 nitrogen and oxygen atoms in total. The van der Waals surface area contributed by atoms with Gasteiger partial charge in [0.1, 0.15) is 6.61 Å². The molecule has 0 fully saturated rings. The highest BCUT2D eigenvalue weighted by Crippen LogP contribution is 2.32. The van der Waals surface area contributed by atoms with Gasteiger partial charge in [-0.3, -0.25) is 0 Å². The third-order valence-electron chi connectivity index (χ3n) is 3.04. The van der Waals surface area contributed by atoms with Crippen LogP contribution in [0.1, 0.15) is 18.5 Å². The second-order valence-electron chi connectivity index (χ2n) is 4.48. The van der Waals surface area contributed by atoms with Crippen molar-refractivity contribution in [3.63, 3.8) is 0 Å². The molecular weight excluding hydrogens is 352 g/mol. The molecule has 0 spiro atoms. The molecule has 21 heavy (non-hydrogen) atoms. The summed E-state index contributed by atoms with van der Waals surface area (Å²) in [6.45, 7) is 5.52. The summed E-state index contributed by atoms with van der Waals surface area (Å²) in [4.78, 5) is 12.3. The molecule has 1 aromatic carbocycles. The zero-order chi connectivity index (χ0) is 15.4. The summed E-state index contributed by atoms with van der Waals surface area (Å²) in [7, 11) is 0. The SMILES string of the molecule is C=CCOC(=O)C1=C(C)NC(=S)NC1c1ccccc1Br. The van der Waals surface area contributed by atoms with Crippen LogP contribution in [0.25, 0.3) is 0 Å². The first-order valence-corrected chi connectivity index (χ1v) is 7.55. The number of hydrogen-bond acceptors (Lipinski definition) is 3. The van der Waals surface area contributed by atoms with Crippen LogP contribution in [0.3, 0.4) is 0 Å². The van der Waals surface area contributed by atoms with Crippen LogP contribution in [-0.2, 0) is 9.53 Å². The average molecular weight is 367 g/mol. The van der Waals surface area contributed by atoms with Crippen molar-refractivity contribution in [3.8, 4) is 0 Å². The number of allylic oxidation sites excluding steroid dienone is 1. The first-order valence-electron chi connectivity index (χ1n) is 6.35. The molecule has 0 saturated carbocycles. The van der Waals surface area contributed by atoms with Crippen LogP contribution in [0.4, 0.5) is 0 Å². The lowest BCUT2D eigenvalue weighted by Crippen LogP contribution is -2.45. The molecule has 2 N–H and O–H groups in total. The maximum Gasteiger partial charge on any atom is 0.338 e. The van der Waals surface area contributed by atoms with Gasteiger partial charge in [-0.15, -0.1) is 0 Å². The predicted molar refractivity (Wildman–Crippen MR) is 89.6 cm³/mol. The molecular formula is C15H15BrN2O2S. The van der Waals surface area contributed by atoms with E-state index >= 15 is 0 Å². The van der Waals surface area contributed by atoms with E-state index in [4.69, 9.17) is 17.0 Å². The summed E-state index contributed by atoms with van der Waals surface area (Å²) in [5, 5.41) is 6.56. The van der Waals surface area contributed by atoms with Crippen molar-refractivity contribution in [1.82, 2.24) is 10.6 Å². The first kappa shape index (κ1) is 15.7. The molecule has 1 aliphatic rings. The minimum Gasteiger partial charge on any atom is -0.458 e. The number of carbonyl (C=O) groups is 1. The smallest absolute Gasteiger partial charge is 0.338 e. The minimum absolute atomic E-state index is 0.169. The fourth-order valence-electron chi connectivity index (χ4n) is 2.12. The van der Waals surface area contributed by atoms with Crippen LogP contribution in [0.15, 0.2) is 52.7 Å². The maximum absolute atomic E-state index is 12.3. The van der Waals surface area contributed by atoms with Gasteiger partial charge in [0.05, 0.1) is 11.6 Å². The molecule has 0 aliphatic carbocycles. The van der Waals surface area contributed by atoms with Crippen molar-refractivity contribution in [1.29, 1.82) is 0 Å². The fraction of sp³-hybridized carbons (Fsp3) is 0.200. The van der Waals surface area contributed by atoms with E-state index in [-0.39, 0.29) is 12.6 Å². The summed E-state index contributed by atoms with van der Waals surface area (Å²) >= 11 is 8.70. The summed E-state index contributed by atoms with van der Waals surface area (Å²) in [5.41, 5.74) is 2.12. The summed E-state index contributed by atoms with van der Waals surface area (Å²) < 4.78 is 6.07. The van der Waals surface area contributed by atoms with Crippen molar-refractivity contribution >= 4 is 39.2 Å². The number of halogens is 1. The van der Waals surface area contributed by atoms with Gasteiger partial charge in [0.15, 0.2) is 5.11 Å². The summed E-state index contributed by atoms with van der Waals surface area (Å²) in [5.74, 6) is -0.393. The van der Waals surface area contributed by atoms with Crippen molar-refractivity contribution in [3.05, 3.63) is 58.2 Å². The van der Waals surface area contributed by atoms with Gasteiger partial charge in [0.25, 0.3) is 0 Å². The Hall–Kier alpha value is -1.66. The maximum atomic E-state index is 12.3. The molecule has 0 aromatic heterocycles. The highest BCUT2D eigenvalue weighted by Gasteiger charge is 2.31. The molecule has 2 rings (SSSR count). The number of rotatable bonds is 4. The van der Waals surface area contributed by atoms with Gasteiger partial charge in [0, 0.05) is 10.2 Å². The summed E-state index contributed by atoms with van der Waals surface area (Å²) in [6.07, 6.45) is 1.54. The largest absolute Gasteiger partial charge is 0.458 e. The molecule has 1 aromatic rings. The predicted octanol–water partition coefficient (Wildman–Crippen LogP) is 2.97. The Morgan fingerprint density at radius 2 is 2.24 bits per heavy atom. The lowest BCUT2D eigenvalue weighted by Gasteiger charge is -2.30. The van der Waals surface area contributed by atoms with Gasteiger partial charge < -0.3 is 15.4 Å². The Morgan fingerprint density at radius 3 is 2.90 bits per heavy atom. The lowest BCUT2D eigenvalue weighted by atomic mass is 9.96. The molecule has 0 bridgehead atoms. The van der Waals surface area contributed by atoms with Crippen LogP contribution >= 0.6 is 28.1 Å². The topological polar surface area (TPSA) is 50.4 Å². The molecule has 0 amide bonds. The standard InChI is InChI=1S/C15H15BrN2O2S/c1-3-8-20-14(19)12-9(2)17-15(21)18-13(12)10-6-4-5-7-11(10)16/h3-7,13H,1,8H2,2H3,(H2,17,18,21). The number of thiocarbonyl (C=S) groups is 1. The Morgan fingerprint density at radius 1 is 1.52 bits per heavy atom. The molecule has 0 saturated heterocycles. The quantitative estimate of drug-likeness (QED) is 0.487. The Kier molecular flexibility index (Phi) is 5.14. The van der Waals surface area contributed by atoms with Crippen molar-refractivity contribution < 1.29 is 9.53 Å². The number of esters is 1. The van der Waals surface area contributed by atoms with E-state index in [9.17, 15) is 4.79 Å². The van der Waals surface area contributed by atoms with Crippen LogP contribution in [0, 0.1) is 0 Å². The van der Waals surface area contributed by atoms with E-state index in [1.54, 1.807) is 0 Å². The van der Waals surface area contributed by atoms with Gasteiger partial charge in [0.2, 0.25) is 0 Å². The van der Waals surface area contributed by atoms with Gasteiger partial charge in [-0.25, -0.2) is 4.79 Å². The van der Waals surface area contributed by atoms with Crippen LogP contribution in [0.5, 0.6) is 0 Å². The van der Waals surface area contributed by atoms with Crippen molar-refractivity contribution in [2.24, 2.45) is 0 Å². The second-order valence-corrected chi connectivity index (χ2v) is 5.74. The molecule has 110 valence electrons. The minimum atomic E-state index is -0.393. The van der Waals surface area contributed by atoms with Crippen LogP contribution in [0.2, 0.25) is 0 Å². The van der Waals surface area contributed by atoms with Crippen LogP contribution < -0.4 is 10.6 Å². The highest BCUT2D eigenvalue weighted by atomic mass is 79.9. The average Bonchev–Trinajstić information content (AvgIpc) is 2.44. The Bertz CT molecular complexity index is 628. The third-order valence-corrected chi connectivity index (χ3v) is 3.98. The van der Waals surface area contributed by atoms with Crippen LogP contribution in [-0.4, -0.2) is 17.7 Å². The van der Waals surface area contributed by atoms with E-state index < -0.39 is 5.97 Å². The zero-order valence-electron chi connectivity index (χ0n) is 11.5. The van der Waals surface area contributed by atoms with Gasteiger partial charge in [-0.1, -0.05) is 46.8 Å². The van der Waals surface area contributed by atoms with Gasteiger partial charge in [-0.2, -0.15) is 0 Å². The Balaban J connectivity index is 2.43. The molecule has 1 heterocycles. The van der Waals surface area contributed by atoms with Crippen molar-refractivity contribution in [2.75, 3.05) is 6.61 Å². The van der Waals surface area contributed by atoms with E-state index in [0.29, 0.717) is 16.4 Å². The normalized spacial score (nSPS) is 17.8. The molecule has 6 heteroatoms. The number of ether oxygens (including phenoxy) is 1. The highest BCUT2D eigenvalue weighted by molar-refractivity contribution is 9.10. The molecule has 1 aliphatic heterocycles. The number of nitrogens with one attached hydrogen (secondary N) is 2. The third kappa shape index (κ3) is 3.51. The number of carbonyl (C=O) groups excluding carboxylic acids is 1. The second kappa shape index (κ2) is 6.87. The molecule has 1 unspecified atom stereocenters. The summed E-state index contributed by atoms with van der Waals surface area (Å²) in [6, 6.07) is 7.33. The number of benzene rings is 1. The van der Waals surface area contributed by atoms with E-state index in [1.807, 2.05) is 31.2 Å². The van der Waals surface area contributed by atoms with Gasteiger partial charge >= 0.3 is 5.97 Å². The van der Waals surface area contributed by atoms with Crippen molar-refractivity contribution in [2.45, 2.75) is 13.0 Å². The Labute approximate surface area is 137 Å². The monoisotopic (exact) mass is 366 g/mol. The van der Waals surface area contributed by atoms with E-state index in [2.05, 4.69) is 33.1 Å². The molecule has 0 radical (unpaired) electrons. The lowest BCUT2D eigenvalue weighted by molar-refractivity contribution is -0.138. The van der Waals surface area contributed by atoms with E-state index in [1.165, 1.54) is 6.08 Å². The zero-order valence-corrected chi connectivity index (χ0v) is 13.9. The van der Waals surface area contributed by atoms with E-state index in [0.717, 1.165) is 10.0 Å².